The zero-order valence-corrected chi connectivity index (χ0v) is 13.5. The van der Waals surface area contributed by atoms with Crippen LogP contribution < -0.4 is 5.32 Å². The molecule has 0 spiro atoms. The fourth-order valence-electron chi connectivity index (χ4n) is 2.48. The van der Waals surface area contributed by atoms with Crippen molar-refractivity contribution in [1.82, 2.24) is 9.97 Å². The van der Waals surface area contributed by atoms with Crippen LogP contribution in [0.15, 0.2) is 34.8 Å². The molecule has 0 aliphatic heterocycles. The van der Waals surface area contributed by atoms with Gasteiger partial charge in [0.15, 0.2) is 0 Å². The fraction of sp³-hybridized carbons (Fsp3) is 0.375. The summed E-state index contributed by atoms with van der Waals surface area (Å²) in [6, 6.07) is 10.2. The van der Waals surface area contributed by atoms with Crippen molar-refractivity contribution in [3.8, 4) is 11.3 Å². The van der Waals surface area contributed by atoms with Crippen LogP contribution in [0.1, 0.15) is 32.0 Å². The molecule has 3 nitrogen and oxygen atoms in total. The van der Waals surface area contributed by atoms with Crippen molar-refractivity contribution in [2.24, 2.45) is 5.41 Å². The van der Waals surface area contributed by atoms with Crippen LogP contribution in [0.4, 0.5) is 5.82 Å². The first-order valence-corrected chi connectivity index (χ1v) is 7.63. The molecule has 4 heteroatoms. The highest BCUT2D eigenvalue weighted by Crippen LogP contribution is 2.58. The fourth-order valence-corrected chi connectivity index (χ4v) is 3.09. The van der Waals surface area contributed by atoms with Crippen molar-refractivity contribution in [2.45, 2.75) is 26.2 Å². The topological polar surface area (TPSA) is 37.8 Å². The number of hydrogen-bond acceptors (Lipinski definition) is 3. The van der Waals surface area contributed by atoms with Gasteiger partial charge in [-0.05, 0) is 27.8 Å². The Morgan fingerprint density at radius 3 is 2.40 bits per heavy atom. The third-order valence-electron chi connectivity index (χ3n) is 3.98. The van der Waals surface area contributed by atoms with Gasteiger partial charge in [-0.2, -0.15) is 0 Å². The van der Waals surface area contributed by atoms with Crippen LogP contribution in [0.3, 0.4) is 0 Å². The van der Waals surface area contributed by atoms with Gasteiger partial charge in [0, 0.05) is 18.5 Å². The number of nitrogens with zero attached hydrogens (tertiary/aromatic N) is 2. The molecule has 0 radical (unpaired) electrons. The molecule has 1 heterocycles. The van der Waals surface area contributed by atoms with E-state index in [2.05, 4.69) is 52.2 Å². The van der Waals surface area contributed by atoms with Crippen molar-refractivity contribution in [3.05, 3.63) is 40.6 Å². The van der Waals surface area contributed by atoms with E-state index in [4.69, 9.17) is 4.98 Å². The molecule has 104 valence electrons. The Bertz CT molecular complexity index is 638. The summed E-state index contributed by atoms with van der Waals surface area (Å²) in [5.41, 5.74) is 2.40. The zero-order valence-electron chi connectivity index (χ0n) is 11.9. The summed E-state index contributed by atoms with van der Waals surface area (Å²) in [5, 5.41) is 3.16. The number of hydrogen-bond donors (Lipinski definition) is 1. The van der Waals surface area contributed by atoms with Gasteiger partial charge in [0.2, 0.25) is 0 Å². The third-order valence-corrected chi connectivity index (χ3v) is 4.73. The molecule has 2 aromatic rings. The Morgan fingerprint density at radius 1 is 1.20 bits per heavy atom. The van der Waals surface area contributed by atoms with Gasteiger partial charge in [-0.3, -0.25) is 0 Å². The van der Waals surface area contributed by atoms with Gasteiger partial charge in [-0.15, -0.1) is 0 Å². The third kappa shape index (κ3) is 2.33. The highest BCUT2D eigenvalue weighted by atomic mass is 79.9. The van der Waals surface area contributed by atoms with Crippen LogP contribution >= 0.6 is 15.9 Å². The van der Waals surface area contributed by atoms with E-state index >= 15 is 0 Å². The molecule has 1 aliphatic rings. The van der Waals surface area contributed by atoms with Crippen molar-refractivity contribution < 1.29 is 0 Å². The molecule has 1 saturated carbocycles. The molecule has 3 rings (SSSR count). The van der Waals surface area contributed by atoms with Crippen LogP contribution in [0.2, 0.25) is 0 Å². The molecule has 1 atom stereocenters. The normalized spacial score (nSPS) is 19.7. The first-order valence-electron chi connectivity index (χ1n) is 6.83. The lowest BCUT2D eigenvalue weighted by Gasteiger charge is -2.12. The predicted molar refractivity (Wildman–Crippen MR) is 85.9 cm³/mol. The standard InChI is InChI=1S/C16H18BrN3/c1-16(2)9-11(16)14-19-13(10-7-5-4-6-8-10)12(17)15(18-3)20-14/h4-8,11H,9H2,1-3H3,(H,18,19,20). The summed E-state index contributed by atoms with van der Waals surface area (Å²) >= 11 is 3.62. The Labute approximate surface area is 128 Å². The molecule has 0 amide bonds. The summed E-state index contributed by atoms with van der Waals surface area (Å²) in [4.78, 5) is 9.48. The number of halogens is 1. The number of anilines is 1. The smallest absolute Gasteiger partial charge is 0.144 e. The largest absolute Gasteiger partial charge is 0.372 e. The van der Waals surface area contributed by atoms with Gasteiger partial charge >= 0.3 is 0 Å². The number of benzene rings is 1. The van der Waals surface area contributed by atoms with Gasteiger partial charge in [0.25, 0.3) is 0 Å². The highest BCUT2D eigenvalue weighted by Gasteiger charge is 2.48. The molecule has 1 unspecified atom stereocenters. The van der Waals surface area contributed by atoms with Gasteiger partial charge in [0.05, 0.1) is 10.2 Å². The van der Waals surface area contributed by atoms with E-state index in [1.165, 1.54) is 0 Å². The lowest BCUT2D eigenvalue weighted by atomic mass is 10.1. The van der Waals surface area contributed by atoms with E-state index in [0.717, 1.165) is 33.8 Å². The second-order valence-electron chi connectivity index (χ2n) is 5.95. The average molecular weight is 332 g/mol. The van der Waals surface area contributed by atoms with Crippen LogP contribution in [0.5, 0.6) is 0 Å². The van der Waals surface area contributed by atoms with E-state index in [0.29, 0.717) is 11.3 Å². The molecule has 0 saturated heterocycles. The first kappa shape index (κ1) is 13.6. The first-order chi connectivity index (χ1) is 9.53. The molecule has 1 aliphatic carbocycles. The summed E-state index contributed by atoms with van der Waals surface area (Å²) < 4.78 is 0.924. The second-order valence-corrected chi connectivity index (χ2v) is 6.75. The summed E-state index contributed by atoms with van der Waals surface area (Å²) in [6.07, 6.45) is 1.16. The lowest BCUT2D eigenvalue weighted by molar-refractivity contribution is 0.609. The Balaban J connectivity index is 2.12. The number of rotatable bonds is 3. The van der Waals surface area contributed by atoms with Crippen LogP contribution in [-0.2, 0) is 0 Å². The highest BCUT2D eigenvalue weighted by molar-refractivity contribution is 9.10. The van der Waals surface area contributed by atoms with E-state index in [9.17, 15) is 0 Å². The van der Waals surface area contributed by atoms with Crippen molar-refractivity contribution in [1.29, 1.82) is 0 Å². The summed E-state index contributed by atoms with van der Waals surface area (Å²) in [7, 11) is 1.89. The zero-order chi connectivity index (χ0) is 14.3. The van der Waals surface area contributed by atoms with Crippen molar-refractivity contribution >= 4 is 21.7 Å². The molecule has 1 fully saturated rings. The van der Waals surface area contributed by atoms with Crippen LogP contribution in [-0.4, -0.2) is 17.0 Å². The summed E-state index contributed by atoms with van der Waals surface area (Å²) in [6.45, 7) is 4.54. The number of aromatic nitrogens is 2. The Hall–Kier alpha value is -1.42. The maximum absolute atomic E-state index is 4.81. The van der Waals surface area contributed by atoms with Gasteiger partial charge in [-0.25, -0.2) is 9.97 Å². The van der Waals surface area contributed by atoms with Crippen LogP contribution in [0, 0.1) is 5.41 Å². The second kappa shape index (κ2) is 4.85. The maximum atomic E-state index is 4.81. The van der Waals surface area contributed by atoms with Gasteiger partial charge in [-0.1, -0.05) is 44.2 Å². The molecular formula is C16H18BrN3. The molecule has 1 aromatic carbocycles. The quantitative estimate of drug-likeness (QED) is 0.902. The maximum Gasteiger partial charge on any atom is 0.144 e. The minimum absolute atomic E-state index is 0.326. The van der Waals surface area contributed by atoms with Gasteiger partial charge < -0.3 is 5.32 Å². The van der Waals surface area contributed by atoms with E-state index in [1.54, 1.807) is 0 Å². The minimum atomic E-state index is 0.326. The summed E-state index contributed by atoms with van der Waals surface area (Å²) in [5.74, 6) is 2.27. The Kier molecular flexibility index (Phi) is 3.28. The van der Waals surface area contributed by atoms with E-state index in [-0.39, 0.29) is 0 Å². The predicted octanol–water partition coefficient (Wildman–Crippen LogP) is 4.46. The molecule has 0 bridgehead atoms. The monoisotopic (exact) mass is 331 g/mol. The van der Waals surface area contributed by atoms with Crippen molar-refractivity contribution in [3.63, 3.8) is 0 Å². The SMILES string of the molecule is CNc1nc(C2CC2(C)C)nc(-c2ccccc2)c1Br. The Morgan fingerprint density at radius 2 is 1.85 bits per heavy atom. The molecule has 20 heavy (non-hydrogen) atoms. The lowest BCUT2D eigenvalue weighted by Crippen LogP contribution is -2.04. The molecule has 1 aromatic heterocycles. The molecular weight excluding hydrogens is 314 g/mol. The van der Waals surface area contributed by atoms with E-state index in [1.807, 2.05) is 25.2 Å². The van der Waals surface area contributed by atoms with Crippen LogP contribution in [0.25, 0.3) is 11.3 Å². The molecule has 1 N–H and O–H groups in total. The minimum Gasteiger partial charge on any atom is -0.372 e. The van der Waals surface area contributed by atoms with E-state index < -0.39 is 0 Å². The van der Waals surface area contributed by atoms with Crippen molar-refractivity contribution in [2.75, 3.05) is 12.4 Å². The number of nitrogens with one attached hydrogen (secondary N) is 1. The average Bonchev–Trinajstić information content (AvgIpc) is 3.09. The van der Waals surface area contributed by atoms with Gasteiger partial charge in [0.1, 0.15) is 11.6 Å².